The summed E-state index contributed by atoms with van der Waals surface area (Å²) in [5, 5.41) is 4.91. The van der Waals surface area contributed by atoms with Gasteiger partial charge in [0.25, 0.3) is 0 Å². The highest BCUT2D eigenvalue weighted by atomic mass is 19.1. The Bertz CT molecular complexity index is 2710. The first-order chi connectivity index (χ1) is 31.1. The van der Waals surface area contributed by atoms with E-state index in [-0.39, 0.29) is 41.7 Å². The number of amides is 3. The van der Waals surface area contributed by atoms with Gasteiger partial charge in [-0.1, -0.05) is 69.2 Å². The highest BCUT2D eigenvalue weighted by Crippen LogP contribution is 2.48. The van der Waals surface area contributed by atoms with Crippen molar-refractivity contribution >= 4 is 39.7 Å². The Kier molecular flexibility index (Phi) is 11.4. The molecule has 0 spiro atoms. The van der Waals surface area contributed by atoms with Gasteiger partial charge in [-0.15, -0.1) is 0 Å². The molecule has 5 heterocycles. The van der Waals surface area contributed by atoms with Gasteiger partial charge in [-0.05, 0) is 134 Å². The summed E-state index contributed by atoms with van der Waals surface area (Å²) in [4.78, 5) is 64.0. The Balaban J connectivity index is 0.887. The number of carbonyl (C=O) groups excluding carboxylic acids is 3. The highest BCUT2D eigenvalue weighted by Gasteiger charge is 2.49. The van der Waals surface area contributed by atoms with Crippen molar-refractivity contribution in [1.29, 1.82) is 0 Å². The van der Waals surface area contributed by atoms with Crippen LogP contribution < -0.4 is 5.32 Å². The molecule has 6 aromatic rings. The molecule has 1 saturated carbocycles. The lowest BCUT2D eigenvalue weighted by atomic mass is 9.84. The summed E-state index contributed by atoms with van der Waals surface area (Å²) in [6.07, 6.45) is 10.2. The molecular weight excluding hydrogens is 808 g/mol. The molecule has 6 unspecified atom stereocenters. The number of hydrogen-bond donors (Lipinski definition) is 3. The number of likely N-dealkylation sites (tertiary alicyclic amines) is 3. The van der Waals surface area contributed by atoms with Crippen LogP contribution in [0.15, 0.2) is 85.1 Å². The number of carbonyl (C=O) groups is 3. The summed E-state index contributed by atoms with van der Waals surface area (Å²) in [5.41, 5.74) is 6.55. The summed E-state index contributed by atoms with van der Waals surface area (Å²) in [5.74, 6) is 1.49. The molecule has 4 aliphatic rings. The van der Waals surface area contributed by atoms with E-state index in [0.717, 1.165) is 126 Å². The number of fused-ring (bicyclic) bond motifs is 3. The number of nitrogens with one attached hydrogen (secondary N) is 3. The van der Waals surface area contributed by atoms with Gasteiger partial charge in [0.05, 0.1) is 42.1 Å². The van der Waals surface area contributed by atoms with E-state index in [0.29, 0.717) is 12.5 Å². The Labute approximate surface area is 373 Å². The van der Waals surface area contributed by atoms with Crippen LogP contribution in [-0.4, -0.2) is 91.4 Å². The Morgan fingerprint density at radius 3 is 2.31 bits per heavy atom. The van der Waals surface area contributed by atoms with Crippen LogP contribution >= 0.6 is 0 Å². The zero-order chi connectivity index (χ0) is 44.1. The predicted molar refractivity (Wildman–Crippen MR) is 244 cm³/mol. The smallest absolute Gasteiger partial charge is 0.407 e. The fraction of sp³-hybridized carbons (Fsp3) is 0.431. The molecular formula is C51H57FN8O4. The molecule has 1 aliphatic carbocycles. The van der Waals surface area contributed by atoms with E-state index in [4.69, 9.17) is 14.7 Å². The first kappa shape index (κ1) is 41.9. The van der Waals surface area contributed by atoms with Gasteiger partial charge < -0.3 is 29.8 Å². The van der Waals surface area contributed by atoms with E-state index in [2.05, 4.69) is 79.7 Å². The number of halogens is 1. The number of ether oxygens (including phenoxy) is 1. The maximum absolute atomic E-state index is 15.0. The molecule has 3 N–H and O–H groups in total. The van der Waals surface area contributed by atoms with Crippen LogP contribution in [0.5, 0.6) is 0 Å². The lowest BCUT2D eigenvalue weighted by Gasteiger charge is -2.38. The lowest BCUT2D eigenvalue weighted by molar-refractivity contribution is -0.141. The van der Waals surface area contributed by atoms with E-state index in [1.165, 1.54) is 19.6 Å². The number of methoxy groups -OCH3 is 1. The Hall–Kier alpha value is -6.08. The van der Waals surface area contributed by atoms with Gasteiger partial charge in [-0.2, -0.15) is 0 Å². The molecule has 12 nitrogen and oxygen atoms in total. The van der Waals surface area contributed by atoms with Crippen molar-refractivity contribution in [3.63, 3.8) is 0 Å². The minimum absolute atomic E-state index is 0.0684. The number of benzene rings is 4. The Morgan fingerprint density at radius 2 is 1.53 bits per heavy atom. The molecule has 4 fully saturated rings. The fourth-order valence-electron chi connectivity index (χ4n) is 11.2. The van der Waals surface area contributed by atoms with Crippen LogP contribution in [0.2, 0.25) is 0 Å². The number of rotatable bonds is 10. The van der Waals surface area contributed by atoms with Crippen LogP contribution in [-0.2, 0) is 14.3 Å². The first-order valence-electron chi connectivity index (χ1n) is 23.2. The van der Waals surface area contributed by atoms with E-state index in [9.17, 15) is 18.8 Å². The summed E-state index contributed by atoms with van der Waals surface area (Å²) in [6.45, 7) is 6.08. The van der Waals surface area contributed by atoms with Crippen LogP contribution in [0.25, 0.3) is 44.2 Å². The standard InChI is InChI=1S/C51H57FN8O4/c1-30(2)45(57-51(63)64-3)49(61)59-23-9-14-43(59)47-53-29-41(56-47)35-18-17-31-24-32(15-16-33(31)25-35)34-19-20-39-40(27-34)55-48(54-39)44-28-36-10-4-5-13-42(36)60(44)50(62)46(58-21-6-7-22-58)37-11-8-12-38(52)26-37/h8,11-12,15-20,24-27,29-30,36,42-46H,4-7,9-10,13-14,21-23,28H2,1-3H3,(H,53,56)(H,54,55)(H,57,63). The second-order valence-electron chi connectivity index (χ2n) is 18.7. The highest BCUT2D eigenvalue weighted by molar-refractivity contribution is 5.92. The maximum atomic E-state index is 15.0. The van der Waals surface area contributed by atoms with Crippen molar-refractivity contribution in [2.45, 2.75) is 102 Å². The number of imidazole rings is 2. The molecule has 2 aromatic heterocycles. The third kappa shape index (κ3) is 7.92. The van der Waals surface area contributed by atoms with E-state index >= 15 is 0 Å². The predicted octanol–water partition coefficient (Wildman–Crippen LogP) is 9.63. The molecule has 6 atom stereocenters. The van der Waals surface area contributed by atoms with Gasteiger partial charge in [0, 0.05) is 18.2 Å². The van der Waals surface area contributed by atoms with Gasteiger partial charge in [-0.3, -0.25) is 14.5 Å². The summed E-state index contributed by atoms with van der Waals surface area (Å²) >= 11 is 0. The second kappa shape index (κ2) is 17.5. The molecule has 64 heavy (non-hydrogen) atoms. The third-order valence-corrected chi connectivity index (χ3v) is 14.4. The molecule has 13 heteroatoms. The summed E-state index contributed by atoms with van der Waals surface area (Å²) in [6, 6.07) is 24.4. The van der Waals surface area contributed by atoms with Gasteiger partial charge in [-0.25, -0.2) is 19.2 Å². The summed E-state index contributed by atoms with van der Waals surface area (Å²) < 4.78 is 19.4. The quantitative estimate of drug-likeness (QED) is 0.125. The van der Waals surface area contributed by atoms with Crippen molar-refractivity contribution in [3.8, 4) is 22.4 Å². The van der Waals surface area contributed by atoms with E-state index < -0.39 is 18.2 Å². The Morgan fingerprint density at radius 1 is 0.781 bits per heavy atom. The molecule has 3 aliphatic heterocycles. The number of alkyl carbamates (subject to hydrolysis) is 1. The average Bonchev–Trinajstić information content (AvgIpc) is 4.17. The molecule has 332 valence electrons. The van der Waals surface area contributed by atoms with Gasteiger partial charge in [0.1, 0.15) is 29.5 Å². The average molecular weight is 865 g/mol. The molecule has 0 bridgehead atoms. The van der Waals surface area contributed by atoms with Gasteiger partial charge in [0.15, 0.2) is 0 Å². The molecule has 4 aromatic carbocycles. The van der Waals surface area contributed by atoms with Crippen molar-refractivity contribution in [2.24, 2.45) is 11.8 Å². The topological polar surface area (TPSA) is 140 Å². The number of H-pyrrole nitrogens is 2. The second-order valence-corrected chi connectivity index (χ2v) is 18.7. The SMILES string of the molecule is COC(=O)NC(C(=O)N1CCCC1c1ncc(-c2ccc3cc(-c4ccc5nc(C6CC7CCCCC7N6C(=O)C(c6cccc(F)c6)N6CCCC6)[nH]c5c4)ccc3c2)[nH]1)C(C)C. The number of nitrogens with zero attached hydrogens (tertiary/aromatic N) is 5. The number of hydrogen-bond acceptors (Lipinski definition) is 7. The minimum Gasteiger partial charge on any atom is -0.453 e. The fourth-order valence-corrected chi connectivity index (χ4v) is 11.2. The lowest BCUT2D eigenvalue weighted by Crippen LogP contribution is -2.51. The molecule has 3 amide bonds. The zero-order valence-electron chi connectivity index (χ0n) is 36.9. The van der Waals surface area contributed by atoms with Crippen molar-refractivity contribution in [1.82, 2.24) is 40.0 Å². The van der Waals surface area contributed by atoms with Crippen molar-refractivity contribution in [3.05, 3.63) is 108 Å². The van der Waals surface area contributed by atoms with Gasteiger partial charge in [0.2, 0.25) is 11.8 Å². The molecule has 0 radical (unpaired) electrons. The van der Waals surface area contributed by atoms with Crippen molar-refractivity contribution < 1.29 is 23.5 Å². The monoisotopic (exact) mass is 864 g/mol. The van der Waals surface area contributed by atoms with Crippen molar-refractivity contribution in [2.75, 3.05) is 26.7 Å². The molecule has 3 saturated heterocycles. The maximum Gasteiger partial charge on any atom is 0.407 e. The summed E-state index contributed by atoms with van der Waals surface area (Å²) in [7, 11) is 1.30. The van der Waals surface area contributed by atoms with Crippen LogP contribution in [0.1, 0.15) is 107 Å². The molecule has 10 rings (SSSR count). The largest absolute Gasteiger partial charge is 0.453 e. The third-order valence-electron chi connectivity index (χ3n) is 14.4. The normalized spacial score (nSPS) is 22.3. The van der Waals surface area contributed by atoms with Crippen LogP contribution in [0.4, 0.5) is 9.18 Å². The number of aromatic amines is 2. The number of aromatic nitrogens is 4. The van der Waals surface area contributed by atoms with E-state index in [1.54, 1.807) is 12.1 Å². The van der Waals surface area contributed by atoms with Crippen LogP contribution in [0.3, 0.4) is 0 Å². The minimum atomic E-state index is -0.691. The van der Waals surface area contributed by atoms with Gasteiger partial charge >= 0.3 is 6.09 Å². The van der Waals surface area contributed by atoms with E-state index in [1.807, 2.05) is 31.0 Å². The first-order valence-corrected chi connectivity index (χ1v) is 23.2. The van der Waals surface area contributed by atoms with Crippen LogP contribution in [0, 0.1) is 17.7 Å². The zero-order valence-corrected chi connectivity index (χ0v) is 36.9.